The zero-order chi connectivity index (χ0) is 8.15. The van der Waals surface area contributed by atoms with E-state index in [1.807, 2.05) is 6.92 Å². The Morgan fingerprint density at radius 2 is 2.20 bits per heavy atom. The maximum atomic E-state index is 10.9. The lowest BCUT2D eigenvalue weighted by Crippen LogP contribution is -2.40. The zero-order valence-electron chi connectivity index (χ0n) is 7.14. The number of amides is 2. The van der Waals surface area contributed by atoms with Crippen LogP contribution in [0.25, 0.3) is 0 Å². The van der Waals surface area contributed by atoms with E-state index in [-0.39, 0.29) is 6.03 Å². The Morgan fingerprint density at radius 1 is 1.70 bits per heavy atom. The lowest BCUT2D eigenvalue weighted by molar-refractivity contribution is 0.195. The van der Waals surface area contributed by atoms with Gasteiger partial charge in [-0.1, -0.05) is 6.92 Å². The van der Waals surface area contributed by atoms with Crippen molar-refractivity contribution in [3.63, 3.8) is 0 Å². The minimum atomic E-state index is -0.0191. The molecule has 0 aliphatic carbocycles. The molecule has 1 atom stereocenters. The van der Waals surface area contributed by atoms with Crippen LogP contribution in [-0.4, -0.2) is 31.1 Å². The second-order valence-electron chi connectivity index (χ2n) is 2.42. The van der Waals surface area contributed by atoms with Crippen LogP contribution in [0.1, 0.15) is 20.3 Å². The van der Waals surface area contributed by atoms with E-state index in [4.69, 9.17) is 0 Å². The van der Waals surface area contributed by atoms with Crippen LogP contribution in [0.4, 0.5) is 4.79 Å². The molecule has 0 aliphatic rings. The smallest absolute Gasteiger partial charge is 0.317 e. The molecule has 0 spiro atoms. The molecule has 0 radical (unpaired) electrons. The molecule has 0 saturated carbocycles. The van der Waals surface area contributed by atoms with Gasteiger partial charge in [0.15, 0.2) is 0 Å². The Labute approximate surface area is 62.4 Å². The summed E-state index contributed by atoms with van der Waals surface area (Å²) < 4.78 is 0. The molecule has 0 fully saturated rings. The van der Waals surface area contributed by atoms with Gasteiger partial charge in [-0.05, 0) is 13.3 Å². The van der Waals surface area contributed by atoms with Crippen molar-refractivity contribution in [2.45, 2.75) is 26.3 Å². The van der Waals surface area contributed by atoms with Gasteiger partial charge >= 0.3 is 6.03 Å². The third-order valence-electron chi connectivity index (χ3n) is 1.79. The van der Waals surface area contributed by atoms with E-state index in [1.165, 1.54) is 0 Å². The van der Waals surface area contributed by atoms with Crippen molar-refractivity contribution < 1.29 is 4.79 Å². The second kappa shape index (κ2) is 4.14. The predicted molar refractivity (Wildman–Crippen MR) is 42.0 cm³/mol. The summed E-state index contributed by atoms with van der Waals surface area (Å²) in [5.74, 6) is 0. The molecular weight excluding hydrogens is 128 g/mol. The number of hydrogen-bond acceptors (Lipinski definition) is 1. The molecule has 0 heterocycles. The Kier molecular flexibility index (Phi) is 3.84. The van der Waals surface area contributed by atoms with Gasteiger partial charge in [0.1, 0.15) is 0 Å². The van der Waals surface area contributed by atoms with E-state index < -0.39 is 0 Å². The Hall–Kier alpha value is -0.730. The van der Waals surface area contributed by atoms with Crippen LogP contribution in [0.2, 0.25) is 0 Å². The lowest BCUT2D eigenvalue weighted by Gasteiger charge is -2.22. The quantitative estimate of drug-likeness (QED) is 0.617. The maximum absolute atomic E-state index is 10.9. The molecule has 0 aliphatic heterocycles. The van der Waals surface area contributed by atoms with E-state index in [0.29, 0.717) is 6.04 Å². The number of rotatable bonds is 2. The van der Waals surface area contributed by atoms with Crippen LogP contribution < -0.4 is 5.32 Å². The minimum Gasteiger partial charge on any atom is -0.341 e. The van der Waals surface area contributed by atoms with E-state index in [9.17, 15) is 4.79 Å². The molecule has 0 aromatic rings. The van der Waals surface area contributed by atoms with Crippen LogP contribution in [-0.2, 0) is 0 Å². The first-order valence-electron chi connectivity index (χ1n) is 3.58. The van der Waals surface area contributed by atoms with Crippen LogP contribution in [0.5, 0.6) is 0 Å². The van der Waals surface area contributed by atoms with E-state index in [0.717, 1.165) is 6.42 Å². The van der Waals surface area contributed by atoms with Crippen LogP contribution in [0.15, 0.2) is 0 Å². The second-order valence-corrected chi connectivity index (χ2v) is 2.42. The van der Waals surface area contributed by atoms with Crippen LogP contribution in [0, 0.1) is 0 Å². The normalized spacial score (nSPS) is 12.4. The fourth-order valence-corrected chi connectivity index (χ4v) is 0.650. The zero-order valence-corrected chi connectivity index (χ0v) is 7.14. The molecule has 3 heteroatoms. The number of nitrogens with one attached hydrogen (secondary N) is 1. The van der Waals surface area contributed by atoms with Crippen molar-refractivity contribution in [1.29, 1.82) is 0 Å². The van der Waals surface area contributed by atoms with Gasteiger partial charge in [-0.2, -0.15) is 0 Å². The Balaban J connectivity index is 3.81. The molecule has 3 nitrogen and oxygen atoms in total. The van der Waals surface area contributed by atoms with Crippen molar-refractivity contribution in [3.05, 3.63) is 0 Å². The van der Waals surface area contributed by atoms with Gasteiger partial charge in [0.25, 0.3) is 0 Å². The molecule has 2 amide bonds. The van der Waals surface area contributed by atoms with Gasteiger partial charge in [-0.25, -0.2) is 4.79 Å². The molecule has 0 bridgehead atoms. The third-order valence-corrected chi connectivity index (χ3v) is 1.79. The first-order chi connectivity index (χ1) is 4.63. The molecule has 0 rings (SSSR count). The number of nitrogens with zero attached hydrogens (tertiary/aromatic N) is 1. The molecule has 1 N–H and O–H groups in total. The highest BCUT2D eigenvalue weighted by Gasteiger charge is 2.10. The van der Waals surface area contributed by atoms with Crippen molar-refractivity contribution >= 4 is 6.03 Å². The largest absolute Gasteiger partial charge is 0.341 e. The predicted octanol–water partition coefficient (Wildman–Crippen LogP) is 1.06. The Morgan fingerprint density at radius 3 is 2.50 bits per heavy atom. The lowest BCUT2D eigenvalue weighted by atomic mass is 10.2. The molecule has 0 aromatic carbocycles. The molecule has 1 unspecified atom stereocenters. The fourth-order valence-electron chi connectivity index (χ4n) is 0.650. The minimum absolute atomic E-state index is 0.0191. The van der Waals surface area contributed by atoms with Crippen molar-refractivity contribution in [2.24, 2.45) is 0 Å². The fraction of sp³-hybridized carbons (Fsp3) is 0.857. The summed E-state index contributed by atoms with van der Waals surface area (Å²) in [7, 11) is 3.44. The topological polar surface area (TPSA) is 32.3 Å². The van der Waals surface area contributed by atoms with E-state index >= 15 is 0 Å². The number of carbonyl (C=O) groups is 1. The standard InChI is InChI=1S/C7H16N2O/c1-5-6(2)9(4)7(10)8-3/h6H,5H2,1-4H3,(H,8,10). The SMILES string of the molecule is CCC(C)N(C)C(=O)NC. The number of urea groups is 1. The monoisotopic (exact) mass is 144 g/mol. The summed E-state index contributed by atoms with van der Waals surface area (Å²) in [6.07, 6.45) is 0.990. The highest BCUT2D eigenvalue weighted by atomic mass is 16.2. The summed E-state index contributed by atoms with van der Waals surface area (Å²) in [6.45, 7) is 4.08. The van der Waals surface area contributed by atoms with Gasteiger partial charge in [-0.3, -0.25) is 0 Å². The maximum Gasteiger partial charge on any atom is 0.317 e. The summed E-state index contributed by atoms with van der Waals surface area (Å²) in [5.41, 5.74) is 0. The molecular formula is C7H16N2O. The highest BCUT2D eigenvalue weighted by molar-refractivity contribution is 5.73. The Bertz CT molecular complexity index is 114. The average molecular weight is 144 g/mol. The van der Waals surface area contributed by atoms with Crippen molar-refractivity contribution in [3.8, 4) is 0 Å². The van der Waals surface area contributed by atoms with Gasteiger partial charge in [-0.15, -0.1) is 0 Å². The van der Waals surface area contributed by atoms with Crippen LogP contribution >= 0.6 is 0 Å². The summed E-state index contributed by atoms with van der Waals surface area (Å²) in [6, 6.07) is 0.300. The molecule has 10 heavy (non-hydrogen) atoms. The van der Waals surface area contributed by atoms with Gasteiger partial charge < -0.3 is 10.2 Å². The summed E-state index contributed by atoms with van der Waals surface area (Å²) in [4.78, 5) is 12.6. The average Bonchev–Trinajstić information content (AvgIpc) is 2.00. The molecule has 0 aromatic heterocycles. The third kappa shape index (κ3) is 2.25. The number of carbonyl (C=O) groups excluding carboxylic acids is 1. The summed E-state index contributed by atoms with van der Waals surface area (Å²) >= 11 is 0. The van der Waals surface area contributed by atoms with E-state index in [1.54, 1.807) is 19.0 Å². The van der Waals surface area contributed by atoms with Gasteiger partial charge in [0.2, 0.25) is 0 Å². The van der Waals surface area contributed by atoms with Crippen LogP contribution in [0.3, 0.4) is 0 Å². The molecule has 0 saturated heterocycles. The van der Waals surface area contributed by atoms with E-state index in [2.05, 4.69) is 12.2 Å². The number of hydrogen-bond donors (Lipinski definition) is 1. The van der Waals surface area contributed by atoms with Gasteiger partial charge in [0.05, 0.1) is 0 Å². The van der Waals surface area contributed by atoms with Crippen molar-refractivity contribution in [2.75, 3.05) is 14.1 Å². The first kappa shape index (κ1) is 9.27. The molecule has 60 valence electrons. The summed E-state index contributed by atoms with van der Waals surface area (Å²) in [5, 5.41) is 2.57. The first-order valence-corrected chi connectivity index (χ1v) is 3.58. The van der Waals surface area contributed by atoms with Crippen molar-refractivity contribution in [1.82, 2.24) is 10.2 Å². The highest BCUT2D eigenvalue weighted by Crippen LogP contribution is 1.98. The van der Waals surface area contributed by atoms with Gasteiger partial charge in [0, 0.05) is 20.1 Å².